The Kier molecular flexibility index (Phi) is 65.7. The molecule has 6 heteroatoms. The zero-order valence-corrected chi connectivity index (χ0v) is 53.3. The molecule has 0 aromatic heterocycles. The first-order valence-corrected chi connectivity index (χ1v) is 34.9. The van der Waals surface area contributed by atoms with E-state index < -0.39 is 6.10 Å². The highest BCUT2D eigenvalue weighted by atomic mass is 16.6. The van der Waals surface area contributed by atoms with Crippen LogP contribution in [0, 0.1) is 0 Å². The predicted octanol–water partition coefficient (Wildman–Crippen LogP) is 24.1. The smallest absolute Gasteiger partial charge is 0.306 e. The fraction of sp³-hybridized carbons (Fsp3) is 0.797. The normalized spacial score (nSPS) is 12.5. The Morgan fingerprint density at radius 2 is 0.487 bits per heavy atom. The van der Waals surface area contributed by atoms with E-state index in [1.165, 1.54) is 231 Å². The maximum atomic E-state index is 12.9. The maximum absolute atomic E-state index is 12.9. The zero-order chi connectivity index (χ0) is 57.8. The van der Waals surface area contributed by atoms with Gasteiger partial charge in [-0.3, -0.25) is 14.4 Å². The van der Waals surface area contributed by atoms with E-state index in [1.807, 2.05) is 0 Å². The molecule has 1 atom stereocenters. The Balaban J connectivity index is 4.17. The summed E-state index contributed by atoms with van der Waals surface area (Å²) in [4.78, 5) is 38.3. The van der Waals surface area contributed by atoms with E-state index in [0.29, 0.717) is 19.3 Å². The third kappa shape index (κ3) is 65.7. The van der Waals surface area contributed by atoms with Crippen molar-refractivity contribution in [2.75, 3.05) is 13.2 Å². The number of esters is 3. The zero-order valence-electron chi connectivity index (χ0n) is 53.3. The molecular formula is C74H132O6. The van der Waals surface area contributed by atoms with Crippen LogP contribution in [0.3, 0.4) is 0 Å². The van der Waals surface area contributed by atoms with Crippen molar-refractivity contribution < 1.29 is 28.6 Å². The van der Waals surface area contributed by atoms with Crippen molar-refractivity contribution in [1.29, 1.82) is 0 Å². The van der Waals surface area contributed by atoms with Crippen LogP contribution in [0.25, 0.3) is 0 Å². The van der Waals surface area contributed by atoms with Crippen molar-refractivity contribution in [3.63, 3.8) is 0 Å². The number of ether oxygens (including phenoxy) is 3. The van der Waals surface area contributed by atoms with E-state index in [0.717, 1.165) is 89.9 Å². The van der Waals surface area contributed by atoms with E-state index in [4.69, 9.17) is 14.2 Å². The molecular weight excluding hydrogens is 985 g/mol. The Labute approximate surface area is 497 Å². The molecule has 0 spiro atoms. The Morgan fingerprint density at radius 3 is 0.775 bits per heavy atom. The number of carbonyl (C=O) groups is 3. The lowest BCUT2D eigenvalue weighted by Crippen LogP contribution is -2.30. The van der Waals surface area contributed by atoms with E-state index in [9.17, 15) is 14.4 Å². The highest BCUT2D eigenvalue weighted by Gasteiger charge is 2.19. The van der Waals surface area contributed by atoms with Crippen LogP contribution in [-0.4, -0.2) is 37.2 Å². The molecule has 0 amide bonds. The van der Waals surface area contributed by atoms with Crippen molar-refractivity contribution in [1.82, 2.24) is 0 Å². The Morgan fingerprint density at radius 1 is 0.263 bits per heavy atom. The number of hydrogen-bond acceptors (Lipinski definition) is 6. The van der Waals surface area contributed by atoms with Gasteiger partial charge in [-0.05, 0) is 89.9 Å². The summed E-state index contributed by atoms with van der Waals surface area (Å²) in [5, 5.41) is 0. The summed E-state index contributed by atoms with van der Waals surface area (Å²) in [6.45, 7) is 6.56. The molecule has 0 fully saturated rings. The molecule has 0 saturated carbocycles. The molecule has 0 aromatic rings. The first kappa shape index (κ1) is 76.9. The molecule has 0 rings (SSSR count). The molecule has 0 N–H and O–H groups in total. The summed E-state index contributed by atoms with van der Waals surface area (Å²) in [6, 6.07) is 0. The molecule has 0 aromatic carbocycles. The van der Waals surface area contributed by atoms with E-state index in [2.05, 4.69) is 93.7 Å². The molecule has 0 bridgehead atoms. The van der Waals surface area contributed by atoms with Gasteiger partial charge in [-0.2, -0.15) is 0 Å². The lowest BCUT2D eigenvalue weighted by molar-refractivity contribution is -0.167. The highest BCUT2D eigenvalue weighted by Crippen LogP contribution is 2.18. The maximum Gasteiger partial charge on any atom is 0.306 e. The van der Waals surface area contributed by atoms with Gasteiger partial charge in [-0.1, -0.05) is 325 Å². The number of unbranched alkanes of at least 4 members (excludes halogenated alkanes) is 41. The molecule has 0 saturated heterocycles. The van der Waals surface area contributed by atoms with Crippen molar-refractivity contribution in [2.45, 2.75) is 367 Å². The van der Waals surface area contributed by atoms with Crippen molar-refractivity contribution in [3.05, 3.63) is 72.9 Å². The average molecular weight is 1120 g/mol. The SMILES string of the molecule is CC/C=C\C/C=C\C/C=C\C/C=C\C/C=C\CCCCCCCCCCCCCCCC(=O)OCC(COC(=O)CCCCCCCCCCCC)OC(=O)CCCCCCCCCCCCC/C=C\CCCCCCCCCC. The summed E-state index contributed by atoms with van der Waals surface area (Å²) in [5.41, 5.74) is 0. The Hall–Kier alpha value is -3.15. The van der Waals surface area contributed by atoms with Crippen molar-refractivity contribution >= 4 is 17.9 Å². The largest absolute Gasteiger partial charge is 0.462 e. The van der Waals surface area contributed by atoms with Gasteiger partial charge in [-0.25, -0.2) is 0 Å². The van der Waals surface area contributed by atoms with Gasteiger partial charge in [0.15, 0.2) is 6.10 Å². The van der Waals surface area contributed by atoms with Crippen LogP contribution in [0.5, 0.6) is 0 Å². The fourth-order valence-corrected chi connectivity index (χ4v) is 10.2. The predicted molar refractivity (Wildman–Crippen MR) is 348 cm³/mol. The van der Waals surface area contributed by atoms with Gasteiger partial charge in [-0.15, -0.1) is 0 Å². The molecule has 1 unspecified atom stereocenters. The minimum Gasteiger partial charge on any atom is -0.462 e. The second-order valence-electron chi connectivity index (χ2n) is 23.4. The van der Waals surface area contributed by atoms with E-state index in [-0.39, 0.29) is 31.1 Å². The Bertz CT molecular complexity index is 1470. The van der Waals surface area contributed by atoms with Crippen LogP contribution >= 0.6 is 0 Å². The summed E-state index contributed by atoms with van der Waals surface area (Å²) >= 11 is 0. The quantitative estimate of drug-likeness (QED) is 0.0261. The van der Waals surface area contributed by atoms with Crippen LogP contribution in [0.2, 0.25) is 0 Å². The number of allylic oxidation sites excluding steroid dienone is 12. The van der Waals surface area contributed by atoms with Gasteiger partial charge in [0, 0.05) is 19.3 Å². The molecule has 0 radical (unpaired) electrons. The lowest BCUT2D eigenvalue weighted by atomic mass is 10.0. The summed E-state index contributed by atoms with van der Waals surface area (Å²) in [7, 11) is 0. The van der Waals surface area contributed by atoms with Gasteiger partial charge in [0.25, 0.3) is 0 Å². The monoisotopic (exact) mass is 1120 g/mol. The van der Waals surface area contributed by atoms with Gasteiger partial charge < -0.3 is 14.2 Å². The van der Waals surface area contributed by atoms with Gasteiger partial charge in [0.2, 0.25) is 0 Å². The minimum atomic E-state index is -0.774. The summed E-state index contributed by atoms with van der Waals surface area (Å²) < 4.78 is 17.0. The summed E-state index contributed by atoms with van der Waals surface area (Å²) in [5.74, 6) is -0.854. The first-order chi connectivity index (χ1) is 39.5. The van der Waals surface area contributed by atoms with Crippen LogP contribution < -0.4 is 0 Å². The topological polar surface area (TPSA) is 78.9 Å². The standard InChI is InChI=1S/C74H132O6/c1-4-7-10-13-16-19-22-24-26-28-30-32-34-35-36-37-38-39-41-42-44-46-48-50-52-55-58-61-64-67-73(76)79-70-71(69-78-72(75)66-63-60-57-54-21-18-15-12-9-6-3)80-74(77)68-65-62-59-56-53-51-49-47-45-43-40-33-31-29-27-25-23-20-17-14-11-8-5-2/h7,10,16,19,24,26,29-32,35-36,71H,4-6,8-9,11-15,17-18,20-23,25,27-28,33-34,37-70H2,1-3H3/b10-7-,19-16-,26-24-,31-29-,32-30-,36-35-. The van der Waals surface area contributed by atoms with E-state index >= 15 is 0 Å². The second kappa shape index (κ2) is 68.3. The first-order valence-electron chi connectivity index (χ1n) is 34.9. The molecule has 464 valence electrons. The molecule has 0 aliphatic carbocycles. The molecule has 0 heterocycles. The van der Waals surface area contributed by atoms with Crippen molar-refractivity contribution in [3.8, 4) is 0 Å². The third-order valence-corrected chi connectivity index (χ3v) is 15.4. The van der Waals surface area contributed by atoms with Crippen LogP contribution in [0.1, 0.15) is 361 Å². The molecule has 0 aliphatic heterocycles. The van der Waals surface area contributed by atoms with Crippen LogP contribution in [-0.2, 0) is 28.6 Å². The van der Waals surface area contributed by atoms with Gasteiger partial charge in [0.1, 0.15) is 13.2 Å². The average Bonchev–Trinajstić information content (AvgIpc) is 3.46. The van der Waals surface area contributed by atoms with E-state index in [1.54, 1.807) is 0 Å². The lowest BCUT2D eigenvalue weighted by Gasteiger charge is -2.18. The summed E-state index contributed by atoms with van der Waals surface area (Å²) in [6.07, 6.45) is 89.3. The number of rotatable bonds is 64. The minimum absolute atomic E-state index is 0.0709. The molecule has 6 nitrogen and oxygen atoms in total. The second-order valence-corrected chi connectivity index (χ2v) is 23.4. The van der Waals surface area contributed by atoms with Crippen LogP contribution in [0.15, 0.2) is 72.9 Å². The molecule has 0 aliphatic rings. The van der Waals surface area contributed by atoms with Crippen LogP contribution in [0.4, 0.5) is 0 Å². The van der Waals surface area contributed by atoms with Gasteiger partial charge >= 0.3 is 17.9 Å². The highest BCUT2D eigenvalue weighted by molar-refractivity contribution is 5.71. The van der Waals surface area contributed by atoms with Crippen molar-refractivity contribution in [2.24, 2.45) is 0 Å². The van der Waals surface area contributed by atoms with Gasteiger partial charge in [0.05, 0.1) is 0 Å². The fourth-order valence-electron chi connectivity index (χ4n) is 10.2. The third-order valence-electron chi connectivity index (χ3n) is 15.4. The number of hydrogen-bond donors (Lipinski definition) is 0. The number of carbonyl (C=O) groups excluding carboxylic acids is 3. The molecule has 80 heavy (non-hydrogen) atoms.